The first-order chi connectivity index (χ1) is 34.5. The summed E-state index contributed by atoms with van der Waals surface area (Å²) in [5, 5.41) is 35.1. The molecule has 76 heavy (non-hydrogen) atoms. The first-order valence-electron chi connectivity index (χ1n) is 23.9. The molecule has 0 aromatic heterocycles. The van der Waals surface area contributed by atoms with E-state index in [4.69, 9.17) is 72.5 Å². The normalized spacial score (nSPS) is 14.2. The number of aliphatic hydroxyl groups is 4. The zero-order valence-corrected chi connectivity index (χ0v) is 47.9. The molecule has 0 amide bonds. The Morgan fingerprint density at radius 2 is 0.487 bits per heavy atom. The zero-order valence-electron chi connectivity index (χ0n) is 47.9. The lowest BCUT2D eigenvalue weighted by Gasteiger charge is -2.21. The molecule has 8 unspecified atom stereocenters. The highest BCUT2D eigenvalue weighted by atomic mass is 16.8. The molecule has 0 rings (SSSR count). The summed E-state index contributed by atoms with van der Waals surface area (Å²) in [7, 11) is 0. The minimum absolute atomic E-state index is 0.140. The van der Waals surface area contributed by atoms with Crippen LogP contribution in [-0.4, -0.2) is 194 Å². The second-order valence-corrected chi connectivity index (χ2v) is 20.4. The van der Waals surface area contributed by atoms with E-state index >= 15 is 0 Å². The van der Waals surface area contributed by atoms with Crippen LogP contribution >= 0.6 is 0 Å². The third kappa shape index (κ3) is 58.9. The predicted octanol–water partition coefficient (Wildman–Crippen LogP) is 7.44. The lowest BCUT2D eigenvalue weighted by molar-refractivity contribution is -0.0465. The molecule has 0 saturated carbocycles. The standard InChI is InChI=1S/4C12H22O7/c1-8(13)6-16-10(14)18-9(2)7-17-11(15)19-12(3,4)5;1-8(13)6-16-10(14)17-7-9(2)18-11(15)19-12(3,4)5;1-8(6-13)17-11(15)18-9(2)7-16-10(14)19-12(3,4)5;1-8(6-13)17-10(14)16-7-9(2)18-11(15)19-12(3,4)5/h4*8-9,13H,6-7H2,1-5H3. The molecule has 0 aliphatic carbocycles. The van der Waals surface area contributed by atoms with E-state index in [0.29, 0.717) is 0 Å². The summed E-state index contributed by atoms with van der Waals surface area (Å²) in [5.41, 5.74) is -2.57. The largest absolute Gasteiger partial charge is 0.509 e. The van der Waals surface area contributed by atoms with E-state index in [1.165, 1.54) is 41.5 Å². The highest BCUT2D eigenvalue weighted by Gasteiger charge is 2.24. The van der Waals surface area contributed by atoms with Crippen molar-refractivity contribution in [2.45, 2.75) is 210 Å². The molecule has 8 atom stereocenters. The van der Waals surface area contributed by atoms with Gasteiger partial charge in [0.05, 0.1) is 25.4 Å². The maximum absolute atomic E-state index is 11.3. The van der Waals surface area contributed by atoms with Crippen LogP contribution < -0.4 is 0 Å². The van der Waals surface area contributed by atoms with E-state index < -0.39 is 120 Å². The molecule has 0 heterocycles. The van der Waals surface area contributed by atoms with Gasteiger partial charge < -0.3 is 96.2 Å². The number of carbonyl (C=O) groups excluding carboxylic acids is 8. The van der Waals surface area contributed by atoms with E-state index in [-0.39, 0.29) is 52.9 Å². The quantitative estimate of drug-likeness (QED) is 0.0679. The number of hydrogen-bond acceptors (Lipinski definition) is 28. The summed E-state index contributed by atoms with van der Waals surface area (Å²) in [6.07, 6.45) is -12.5. The summed E-state index contributed by atoms with van der Waals surface area (Å²) in [5.74, 6) is 0. The summed E-state index contributed by atoms with van der Waals surface area (Å²) in [6, 6.07) is 0. The van der Waals surface area contributed by atoms with E-state index in [9.17, 15) is 38.4 Å². The zero-order chi connectivity index (χ0) is 60.2. The van der Waals surface area contributed by atoms with E-state index in [2.05, 4.69) is 23.7 Å². The molecule has 0 bridgehead atoms. The molecule has 0 fully saturated rings. The Morgan fingerprint density at radius 3 is 0.763 bits per heavy atom. The maximum atomic E-state index is 11.3. The van der Waals surface area contributed by atoms with Crippen LogP contribution in [0.4, 0.5) is 38.4 Å². The van der Waals surface area contributed by atoms with Crippen LogP contribution in [-0.2, 0) is 75.8 Å². The smallest absolute Gasteiger partial charge is 0.432 e. The van der Waals surface area contributed by atoms with Gasteiger partial charge in [0.1, 0.15) is 98.7 Å². The molecule has 448 valence electrons. The van der Waals surface area contributed by atoms with E-state index in [0.717, 1.165) is 0 Å². The minimum Gasteiger partial charge on any atom is -0.432 e. The number of carbonyl (C=O) groups is 8. The highest BCUT2D eigenvalue weighted by Crippen LogP contribution is 2.13. The average molecular weight is 1110 g/mol. The van der Waals surface area contributed by atoms with Crippen molar-refractivity contribution in [3.8, 4) is 0 Å². The van der Waals surface area contributed by atoms with Crippen LogP contribution in [0.2, 0.25) is 0 Å². The Kier molecular flexibility index (Phi) is 39.7. The Balaban J connectivity index is -0.000000455. The second-order valence-electron chi connectivity index (χ2n) is 20.4. The molecule has 0 aliphatic heterocycles. The van der Waals surface area contributed by atoms with Gasteiger partial charge in [-0.15, -0.1) is 0 Å². The second kappa shape index (κ2) is 39.4. The van der Waals surface area contributed by atoms with Crippen molar-refractivity contribution in [2.24, 2.45) is 0 Å². The van der Waals surface area contributed by atoms with Crippen molar-refractivity contribution >= 4 is 49.2 Å². The number of ether oxygens (including phenoxy) is 16. The summed E-state index contributed by atoms with van der Waals surface area (Å²) >= 11 is 0. The Labute approximate surface area is 445 Å². The summed E-state index contributed by atoms with van der Waals surface area (Å²) in [4.78, 5) is 89.4. The fourth-order valence-corrected chi connectivity index (χ4v) is 3.56. The van der Waals surface area contributed by atoms with Crippen LogP contribution in [0.3, 0.4) is 0 Å². The van der Waals surface area contributed by atoms with E-state index in [1.54, 1.807) is 96.9 Å². The van der Waals surface area contributed by atoms with Crippen LogP contribution in [0.5, 0.6) is 0 Å². The predicted molar refractivity (Wildman–Crippen MR) is 263 cm³/mol. The number of rotatable bonds is 20. The van der Waals surface area contributed by atoms with Gasteiger partial charge in [0.25, 0.3) is 0 Å². The molecule has 0 aliphatic rings. The molecular weight excluding hydrogens is 1020 g/mol. The Morgan fingerprint density at radius 1 is 0.289 bits per heavy atom. The lowest BCUT2D eigenvalue weighted by atomic mass is 10.2. The topological polar surface area (TPSA) is 365 Å². The molecule has 4 N–H and O–H groups in total. The van der Waals surface area contributed by atoms with Gasteiger partial charge in [0, 0.05) is 0 Å². The van der Waals surface area contributed by atoms with Gasteiger partial charge in [-0.25, -0.2) is 38.4 Å². The molecule has 0 aromatic rings. The minimum atomic E-state index is -0.930. The first-order valence-corrected chi connectivity index (χ1v) is 23.9. The Bertz CT molecular complexity index is 1650. The Hall–Kier alpha value is -6.00. The van der Waals surface area contributed by atoms with Gasteiger partial charge in [-0.05, 0) is 138 Å². The van der Waals surface area contributed by atoms with E-state index in [1.807, 2.05) is 0 Å². The van der Waals surface area contributed by atoms with Crippen molar-refractivity contribution in [2.75, 3.05) is 52.9 Å². The molecule has 0 aromatic carbocycles. The summed E-state index contributed by atoms with van der Waals surface area (Å²) < 4.78 is 76.3. The van der Waals surface area contributed by atoms with Crippen LogP contribution in [0.25, 0.3) is 0 Å². The van der Waals surface area contributed by atoms with Gasteiger partial charge in [-0.3, -0.25) is 0 Å². The fraction of sp³-hybridized carbons (Fsp3) is 0.833. The van der Waals surface area contributed by atoms with Crippen LogP contribution in [0, 0.1) is 0 Å². The summed E-state index contributed by atoms with van der Waals surface area (Å²) in [6.45, 7) is 31.2. The first kappa shape index (κ1) is 76.5. The van der Waals surface area contributed by atoms with Gasteiger partial charge in [0.15, 0.2) is 0 Å². The van der Waals surface area contributed by atoms with Crippen molar-refractivity contribution in [1.82, 2.24) is 0 Å². The molecule has 0 radical (unpaired) electrons. The molecule has 28 nitrogen and oxygen atoms in total. The van der Waals surface area contributed by atoms with Crippen molar-refractivity contribution < 1.29 is 135 Å². The number of aliphatic hydroxyl groups excluding tert-OH is 4. The van der Waals surface area contributed by atoms with Crippen LogP contribution in [0.1, 0.15) is 138 Å². The highest BCUT2D eigenvalue weighted by molar-refractivity contribution is 5.63. The number of hydrogen-bond donors (Lipinski definition) is 4. The molecular formula is C48H88O28. The van der Waals surface area contributed by atoms with Gasteiger partial charge >= 0.3 is 49.2 Å². The van der Waals surface area contributed by atoms with Crippen molar-refractivity contribution in [3.05, 3.63) is 0 Å². The molecule has 0 saturated heterocycles. The fourth-order valence-electron chi connectivity index (χ4n) is 3.56. The van der Waals surface area contributed by atoms with Gasteiger partial charge in [0.2, 0.25) is 0 Å². The maximum Gasteiger partial charge on any atom is 0.509 e. The molecule has 0 spiro atoms. The molecule has 28 heteroatoms. The van der Waals surface area contributed by atoms with Crippen molar-refractivity contribution in [3.63, 3.8) is 0 Å². The van der Waals surface area contributed by atoms with Gasteiger partial charge in [-0.2, -0.15) is 0 Å². The van der Waals surface area contributed by atoms with Crippen molar-refractivity contribution in [1.29, 1.82) is 0 Å². The lowest BCUT2D eigenvalue weighted by Crippen LogP contribution is -2.29. The monoisotopic (exact) mass is 1110 g/mol. The average Bonchev–Trinajstić information content (AvgIpc) is 3.22. The third-order valence-electron chi connectivity index (χ3n) is 6.49. The van der Waals surface area contributed by atoms with Crippen LogP contribution in [0.15, 0.2) is 0 Å². The third-order valence-corrected chi connectivity index (χ3v) is 6.49. The SMILES string of the molecule is CC(CO)OC(=O)OC(C)COC(=O)OC(C)(C)C.CC(CO)OC(=O)OCC(C)OC(=O)OC(C)(C)C.CC(O)COC(=O)OC(C)COC(=O)OC(C)(C)C.CC(O)COC(=O)OCC(C)OC(=O)OC(C)(C)C. The van der Waals surface area contributed by atoms with Gasteiger partial charge in [-0.1, -0.05) is 0 Å².